The molecule has 0 fully saturated rings. The van der Waals surface area contributed by atoms with Gasteiger partial charge in [-0.3, -0.25) is 4.79 Å². The van der Waals surface area contributed by atoms with Gasteiger partial charge in [-0.05, 0) is 24.3 Å². The molecule has 23 heavy (non-hydrogen) atoms. The van der Waals surface area contributed by atoms with E-state index in [0.29, 0.717) is 19.6 Å². The fraction of sp³-hybridized carbons (Fsp3) is 0.222. The van der Waals surface area contributed by atoms with E-state index >= 15 is 0 Å². The maximum atomic E-state index is 10.9. The number of carboxylic acids is 1. The minimum Gasteiger partial charge on any atom is -0.493 e. The highest BCUT2D eigenvalue weighted by molar-refractivity contribution is 5.76. The van der Waals surface area contributed by atoms with Crippen molar-refractivity contribution in [3.05, 3.63) is 60.4 Å². The summed E-state index contributed by atoms with van der Waals surface area (Å²) in [7, 11) is 0. The zero-order valence-corrected chi connectivity index (χ0v) is 12.7. The van der Waals surface area contributed by atoms with Gasteiger partial charge in [-0.1, -0.05) is 30.3 Å². The van der Waals surface area contributed by atoms with E-state index < -0.39 is 5.97 Å². The van der Waals surface area contributed by atoms with E-state index in [1.165, 1.54) is 0 Å². The molecule has 0 spiro atoms. The Balaban J connectivity index is 1.75. The van der Waals surface area contributed by atoms with Crippen LogP contribution in [-0.2, 0) is 17.8 Å². The number of rotatable bonds is 7. The Labute approximate surface area is 134 Å². The predicted octanol–water partition coefficient (Wildman–Crippen LogP) is 3.13. The number of benzene rings is 2. The van der Waals surface area contributed by atoms with E-state index in [1.807, 2.05) is 59.2 Å². The van der Waals surface area contributed by atoms with E-state index in [9.17, 15) is 4.79 Å². The largest absolute Gasteiger partial charge is 0.493 e. The van der Waals surface area contributed by atoms with Crippen molar-refractivity contribution in [2.45, 2.75) is 19.4 Å². The van der Waals surface area contributed by atoms with Crippen LogP contribution < -0.4 is 4.74 Å². The molecular weight excluding hydrogens is 292 g/mol. The number of imidazole rings is 1. The lowest BCUT2D eigenvalue weighted by Crippen LogP contribution is -2.11. The molecule has 2 aromatic carbocycles. The van der Waals surface area contributed by atoms with Gasteiger partial charge < -0.3 is 14.4 Å². The first kappa shape index (κ1) is 15.1. The number of fused-ring (bicyclic) bond motifs is 1. The Morgan fingerprint density at radius 1 is 1.09 bits per heavy atom. The Morgan fingerprint density at radius 2 is 1.83 bits per heavy atom. The van der Waals surface area contributed by atoms with Crippen LogP contribution in [0, 0.1) is 0 Å². The Morgan fingerprint density at radius 3 is 2.61 bits per heavy atom. The van der Waals surface area contributed by atoms with Gasteiger partial charge >= 0.3 is 5.97 Å². The molecule has 0 amide bonds. The topological polar surface area (TPSA) is 64.3 Å². The highest BCUT2D eigenvalue weighted by atomic mass is 16.5. The van der Waals surface area contributed by atoms with Gasteiger partial charge in [0.25, 0.3) is 0 Å². The zero-order valence-electron chi connectivity index (χ0n) is 12.7. The second-order valence-corrected chi connectivity index (χ2v) is 5.22. The molecule has 0 saturated heterocycles. The maximum absolute atomic E-state index is 10.9. The summed E-state index contributed by atoms with van der Waals surface area (Å²) in [6.07, 6.45) is 0.704. The number of aryl methyl sites for hydroxylation is 1. The summed E-state index contributed by atoms with van der Waals surface area (Å²) in [6, 6.07) is 17.4. The van der Waals surface area contributed by atoms with Gasteiger partial charge in [-0.25, -0.2) is 4.98 Å². The van der Waals surface area contributed by atoms with Crippen LogP contribution in [0.1, 0.15) is 12.2 Å². The van der Waals surface area contributed by atoms with Crippen molar-refractivity contribution in [3.63, 3.8) is 0 Å². The molecule has 5 nitrogen and oxygen atoms in total. The molecule has 1 N–H and O–H groups in total. The first-order chi connectivity index (χ1) is 11.2. The van der Waals surface area contributed by atoms with Crippen LogP contribution in [0.3, 0.4) is 0 Å². The third-order valence-corrected chi connectivity index (χ3v) is 3.62. The first-order valence-corrected chi connectivity index (χ1v) is 7.58. The molecule has 0 radical (unpaired) electrons. The van der Waals surface area contributed by atoms with Crippen LogP contribution in [-0.4, -0.2) is 27.2 Å². The summed E-state index contributed by atoms with van der Waals surface area (Å²) in [5.41, 5.74) is 1.84. The van der Waals surface area contributed by atoms with Crippen LogP contribution in [0.5, 0.6) is 5.75 Å². The number of para-hydroxylation sites is 3. The second-order valence-electron chi connectivity index (χ2n) is 5.22. The molecule has 1 aromatic heterocycles. The highest BCUT2D eigenvalue weighted by Crippen LogP contribution is 2.17. The standard InChI is InChI=1S/C18H18N2O3/c21-18(22)10-12-20-16-9-5-4-8-15(16)19-17(20)11-13-23-14-6-2-1-3-7-14/h1-9H,10-13H2,(H,21,22). The lowest BCUT2D eigenvalue weighted by atomic mass is 10.3. The SMILES string of the molecule is O=C(O)CCn1c(CCOc2ccccc2)nc2ccccc21. The third-order valence-electron chi connectivity index (χ3n) is 3.62. The van der Waals surface area contributed by atoms with Gasteiger partial charge in [0.15, 0.2) is 0 Å². The predicted molar refractivity (Wildman–Crippen MR) is 87.6 cm³/mol. The molecule has 0 aliphatic rings. The summed E-state index contributed by atoms with van der Waals surface area (Å²) >= 11 is 0. The van der Waals surface area contributed by atoms with Gasteiger partial charge in [0.2, 0.25) is 0 Å². The summed E-state index contributed by atoms with van der Waals surface area (Å²) in [4.78, 5) is 15.5. The minimum absolute atomic E-state index is 0.0763. The Bertz CT molecular complexity index is 796. The normalized spacial score (nSPS) is 10.8. The van der Waals surface area contributed by atoms with E-state index in [1.54, 1.807) is 0 Å². The van der Waals surface area contributed by atoms with Crippen molar-refractivity contribution in [1.82, 2.24) is 9.55 Å². The van der Waals surface area contributed by atoms with Gasteiger partial charge in [-0.15, -0.1) is 0 Å². The molecule has 0 unspecified atom stereocenters. The van der Waals surface area contributed by atoms with Crippen molar-refractivity contribution in [3.8, 4) is 5.75 Å². The minimum atomic E-state index is -0.811. The average Bonchev–Trinajstić information content (AvgIpc) is 2.91. The van der Waals surface area contributed by atoms with Crippen molar-refractivity contribution in [2.75, 3.05) is 6.61 Å². The van der Waals surface area contributed by atoms with Crippen LogP contribution in [0.2, 0.25) is 0 Å². The summed E-state index contributed by atoms with van der Waals surface area (Å²) in [5.74, 6) is 0.860. The van der Waals surface area contributed by atoms with Gasteiger partial charge in [0.05, 0.1) is 24.1 Å². The van der Waals surface area contributed by atoms with E-state index in [2.05, 4.69) is 4.98 Å². The van der Waals surface area contributed by atoms with Crippen molar-refractivity contribution in [1.29, 1.82) is 0 Å². The first-order valence-electron chi connectivity index (χ1n) is 7.58. The Kier molecular flexibility index (Phi) is 4.57. The number of carboxylic acid groups (broad SMARTS) is 1. The van der Waals surface area contributed by atoms with Gasteiger partial charge in [0.1, 0.15) is 11.6 Å². The Hall–Kier alpha value is -2.82. The molecule has 3 aromatic rings. The molecule has 5 heteroatoms. The fourth-order valence-corrected chi connectivity index (χ4v) is 2.55. The summed E-state index contributed by atoms with van der Waals surface area (Å²) in [6.45, 7) is 0.914. The molecule has 118 valence electrons. The maximum Gasteiger partial charge on any atom is 0.305 e. The fourth-order valence-electron chi connectivity index (χ4n) is 2.55. The van der Waals surface area contributed by atoms with Crippen LogP contribution in [0.25, 0.3) is 11.0 Å². The lowest BCUT2D eigenvalue weighted by molar-refractivity contribution is -0.137. The third kappa shape index (κ3) is 3.69. The number of hydrogen-bond donors (Lipinski definition) is 1. The monoisotopic (exact) mass is 310 g/mol. The number of hydrogen-bond acceptors (Lipinski definition) is 3. The smallest absolute Gasteiger partial charge is 0.305 e. The second kappa shape index (κ2) is 6.96. The molecule has 0 aliphatic carbocycles. The number of aromatic nitrogens is 2. The highest BCUT2D eigenvalue weighted by Gasteiger charge is 2.11. The van der Waals surface area contributed by atoms with Crippen LogP contribution >= 0.6 is 0 Å². The van der Waals surface area contributed by atoms with E-state index in [4.69, 9.17) is 9.84 Å². The molecule has 0 saturated carbocycles. The molecule has 1 heterocycles. The molecule has 0 aliphatic heterocycles. The van der Waals surface area contributed by atoms with Crippen molar-refractivity contribution >= 4 is 17.0 Å². The van der Waals surface area contributed by atoms with Gasteiger partial charge in [0, 0.05) is 13.0 Å². The summed E-state index contributed by atoms with van der Waals surface area (Å²) in [5, 5.41) is 8.94. The molecule has 0 atom stereocenters. The van der Waals surface area contributed by atoms with Crippen molar-refractivity contribution < 1.29 is 14.6 Å². The average molecular weight is 310 g/mol. The van der Waals surface area contributed by atoms with Crippen LogP contribution in [0.15, 0.2) is 54.6 Å². The van der Waals surface area contributed by atoms with E-state index in [-0.39, 0.29) is 6.42 Å². The van der Waals surface area contributed by atoms with E-state index in [0.717, 1.165) is 22.6 Å². The molecular formula is C18H18N2O3. The molecule has 3 rings (SSSR count). The van der Waals surface area contributed by atoms with Gasteiger partial charge in [-0.2, -0.15) is 0 Å². The zero-order chi connectivity index (χ0) is 16.1. The van der Waals surface area contributed by atoms with Crippen molar-refractivity contribution in [2.24, 2.45) is 0 Å². The molecule has 0 bridgehead atoms. The quantitative estimate of drug-likeness (QED) is 0.728. The number of ether oxygens (including phenoxy) is 1. The number of carbonyl (C=O) groups is 1. The van der Waals surface area contributed by atoms with Crippen LogP contribution in [0.4, 0.5) is 0 Å². The lowest BCUT2D eigenvalue weighted by Gasteiger charge is -2.09. The number of aliphatic carboxylic acids is 1. The summed E-state index contributed by atoms with van der Waals surface area (Å²) < 4.78 is 7.69. The number of nitrogens with zero attached hydrogens (tertiary/aromatic N) is 2.